The predicted octanol–water partition coefficient (Wildman–Crippen LogP) is 2.82. The Morgan fingerprint density at radius 3 is 2.70 bits per heavy atom. The van der Waals surface area contributed by atoms with Crippen LogP contribution in [0.3, 0.4) is 0 Å². The van der Waals surface area contributed by atoms with E-state index in [1.165, 1.54) is 0 Å². The number of pyridine rings is 1. The van der Waals surface area contributed by atoms with E-state index in [1.807, 2.05) is 26.1 Å². The summed E-state index contributed by atoms with van der Waals surface area (Å²) in [5, 5.41) is 3.11. The van der Waals surface area contributed by atoms with Crippen LogP contribution in [0.4, 0.5) is 0 Å². The molecule has 106 valence electrons. The first-order valence-electron chi connectivity index (χ1n) is 6.71. The lowest BCUT2D eigenvalue weighted by Crippen LogP contribution is -2.11. The average Bonchev–Trinajstić information content (AvgIpc) is 2.43. The van der Waals surface area contributed by atoms with E-state index in [1.54, 1.807) is 12.4 Å². The van der Waals surface area contributed by atoms with Crippen molar-refractivity contribution in [3.05, 3.63) is 41.7 Å². The minimum Gasteiger partial charge on any atom is -0.452 e. The summed E-state index contributed by atoms with van der Waals surface area (Å²) >= 11 is 0. The quantitative estimate of drug-likeness (QED) is 0.907. The maximum Gasteiger partial charge on any atom is 0.168 e. The molecule has 0 aliphatic heterocycles. The van der Waals surface area contributed by atoms with Gasteiger partial charge in [-0.1, -0.05) is 13.8 Å². The molecule has 2 aromatic heterocycles. The molecule has 0 saturated carbocycles. The topological polar surface area (TPSA) is 59.9 Å². The number of nitrogens with zero attached hydrogens (tertiary/aromatic N) is 3. The minimum atomic E-state index is 0.291. The molecule has 2 aromatic rings. The van der Waals surface area contributed by atoms with Crippen molar-refractivity contribution in [2.24, 2.45) is 0 Å². The van der Waals surface area contributed by atoms with Gasteiger partial charge in [0.2, 0.25) is 0 Å². The summed E-state index contributed by atoms with van der Waals surface area (Å²) in [4.78, 5) is 13.1. The van der Waals surface area contributed by atoms with Gasteiger partial charge in [0.1, 0.15) is 17.3 Å². The van der Waals surface area contributed by atoms with E-state index >= 15 is 0 Å². The number of rotatable bonds is 5. The summed E-state index contributed by atoms with van der Waals surface area (Å²) in [6, 6.07) is 3.74. The molecule has 5 nitrogen and oxygen atoms in total. The maximum atomic E-state index is 5.90. The minimum absolute atomic E-state index is 0.291. The van der Waals surface area contributed by atoms with Crippen LogP contribution < -0.4 is 10.1 Å². The second-order valence-corrected chi connectivity index (χ2v) is 4.91. The van der Waals surface area contributed by atoms with Crippen LogP contribution in [-0.2, 0) is 6.54 Å². The van der Waals surface area contributed by atoms with E-state index in [2.05, 4.69) is 34.1 Å². The predicted molar refractivity (Wildman–Crippen MR) is 77.9 cm³/mol. The molecule has 2 heterocycles. The van der Waals surface area contributed by atoms with Crippen LogP contribution in [0.1, 0.15) is 37.0 Å². The van der Waals surface area contributed by atoms with E-state index in [0.717, 1.165) is 23.0 Å². The van der Waals surface area contributed by atoms with Gasteiger partial charge in [-0.3, -0.25) is 4.98 Å². The standard InChI is InChI=1S/C15H20N4O/c1-10(2)15-18-9-14(12(19-15)8-16-4)20-13-6-5-7-17-11(13)3/h5-7,9-10,16H,8H2,1-4H3. The summed E-state index contributed by atoms with van der Waals surface area (Å²) in [6.45, 7) is 6.70. The van der Waals surface area contributed by atoms with Gasteiger partial charge in [-0.2, -0.15) is 0 Å². The van der Waals surface area contributed by atoms with E-state index < -0.39 is 0 Å². The highest BCUT2D eigenvalue weighted by Gasteiger charge is 2.12. The molecular weight excluding hydrogens is 252 g/mol. The molecule has 0 unspecified atom stereocenters. The summed E-state index contributed by atoms with van der Waals surface area (Å²) in [7, 11) is 1.89. The lowest BCUT2D eigenvalue weighted by molar-refractivity contribution is 0.458. The second-order valence-electron chi connectivity index (χ2n) is 4.91. The van der Waals surface area contributed by atoms with Crippen molar-refractivity contribution in [2.75, 3.05) is 7.05 Å². The van der Waals surface area contributed by atoms with E-state index in [9.17, 15) is 0 Å². The summed E-state index contributed by atoms with van der Waals surface area (Å²) in [6.07, 6.45) is 3.48. The molecule has 20 heavy (non-hydrogen) atoms. The van der Waals surface area contributed by atoms with Crippen LogP contribution in [0.15, 0.2) is 24.5 Å². The van der Waals surface area contributed by atoms with Gasteiger partial charge in [-0.05, 0) is 26.1 Å². The fourth-order valence-corrected chi connectivity index (χ4v) is 1.77. The first kappa shape index (κ1) is 14.4. The number of aryl methyl sites for hydroxylation is 1. The molecule has 5 heteroatoms. The molecule has 0 radical (unpaired) electrons. The van der Waals surface area contributed by atoms with Gasteiger partial charge < -0.3 is 10.1 Å². The first-order chi connectivity index (χ1) is 9.61. The molecule has 2 rings (SSSR count). The summed E-state index contributed by atoms with van der Waals surface area (Å²) < 4.78 is 5.90. The Balaban J connectivity index is 2.33. The molecule has 1 N–H and O–H groups in total. The molecule has 0 amide bonds. The van der Waals surface area contributed by atoms with Crippen molar-refractivity contribution < 1.29 is 4.74 Å². The molecule has 0 atom stereocenters. The summed E-state index contributed by atoms with van der Waals surface area (Å²) in [5.41, 5.74) is 1.70. The fourth-order valence-electron chi connectivity index (χ4n) is 1.77. The molecule has 0 fully saturated rings. The molecule has 0 aliphatic carbocycles. The number of nitrogens with one attached hydrogen (secondary N) is 1. The third-order valence-electron chi connectivity index (χ3n) is 2.89. The highest BCUT2D eigenvalue weighted by atomic mass is 16.5. The zero-order valence-corrected chi connectivity index (χ0v) is 12.3. The van der Waals surface area contributed by atoms with Crippen LogP contribution in [0.5, 0.6) is 11.5 Å². The zero-order chi connectivity index (χ0) is 14.5. The Bertz CT molecular complexity index is 584. The normalized spacial score (nSPS) is 10.8. The Labute approximate surface area is 119 Å². The lowest BCUT2D eigenvalue weighted by atomic mass is 10.2. The smallest absolute Gasteiger partial charge is 0.168 e. The van der Waals surface area contributed by atoms with Gasteiger partial charge in [0.15, 0.2) is 5.75 Å². The van der Waals surface area contributed by atoms with Gasteiger partial charge >= 0.3 is 0 Å². The van der Waals surface area contributed by atoms with E-state index in [0.29, 0.717) is 18.2 Å². The average molecular weight is 272 g/mol. The first-order valence-corrected chi connectivity index (χ1v) is 6.71. The van der Waals surface area contributed by atoms with Crippen molar-refractivity contribution in [3.8, 4) is 11.5 Å². The van der Waals surface area contributed by atoms with Crippen LogP contribution in [-0.4, -0.2) is 22.0 Å². The Hall–Kier alpha value is -2.01. The highest BCUT2D eigenvalue weighted by Crippen LogP contribution is 2.26. The number of aromatic nitrogens is 3. The molecular formula is C15H20N4O. The van der Waals surface area contributed by atoms with Crippen molar-refractivity contribution in [3.63, 3.8) is 0 Å². The third kappa shape index (κ3) is 3.30. The zero-order valence-electron chi connectivity index (χ0n) is 12.3. The Kier molecular flexibility index (Phi) is 4.63. The van der Waals surface area contributed by atoms with E-state index in [-0.39, 0.29) is 0 Å². The van der Waals surface area contributed by atoms with Crippen molar-refractivity contribution >= 4 is 0 Å². The van der Waals surface area contributed by atoms with Crippen molar-refractivity contribution in [1.82, 2.24) is 20.3 Å². The van der Waals surface area contributed by atoms with Gasteiger partial charge in [0, 0.05) is 18.7 Å². The molecule has 0 spiro atoms. The third-order valence-corrected chi connectivity index (χ3v) is 2.89. The SMILES string of the molecule is CNCc1nc(C(C)C)ncc1Oc1cccnc1C. The molecule has 0 saturated heterocycles. The van der Waals surface area contributed by atoms with Crippen LogP contribution in [0.2, 0.25) is 0 Å². The fraction of sp³-hybridized carbons (Fsp3) is 0.400. The lowest BCUT2D eigenvalue weighted by Gasteiger charge is -2.13. The van der Waals surface area contributed by atoms with E-state index in [4.69, 9.17) is 4.74 Å². The summed E-state index contributed by atoms with van der Waals surface area (Å²) in [5.74, 6) is 2.51. The maximum absolute atomic E-state index is 5.90. The van der Waals surface area contributed by atoms with Crippen molar-refractivity contribution in [1.29, 1.82) is 0 Å². The highest BCUT2D eigenvalue weighted by molar-refractivity contribution is 5.34. The van der Waals surface area contributed by atoms with Gasteiger partial charge in [-0.25, -0.2) is 9.97 Å². The van der Waals surface area contributed by atoms with Gasteiger partial charge in [-0.15, -0.1) is 0 Å². The number of ether oxygens (including phenoxy) is 1. The Morgan fingerprint density at radius 2 is 2.05 bits per heavy atom. The van der Waals surface area contributed by atoms with Crippen LogP contribution in [0, 0.1) is 6.92 Å². The van der Waals surface area contributed by atoms with Crippen molar-refractivity contribution in [2.45, 2.75) is 33.2 Å². The second kappa shape index (κ2) is 6.43. The van der Waals surface area contributed by atoms with Gasteiger partial charge in [0.25, 0.3) is 0 Å². The largest absolute Gasteiger partial charge is 0.452 e. The number of hydrogen-bond acceptors (Lipinski definition) is 5. The van der Waals surface area contributed by atoms with Gasteiger partial charge in [0.05, 0.1) is 11.9 Å². The molecule has 0 aromatic carbocycles. The molecule has 0 aliphatic rings. The Morgan fingerprint density at radius 1 is 1.25 bits per heavy atom. The van der Waals surface area contributed by atoms with Crippen LogP contribution in [0.25, 0.3) is 0 Å². The van der Waals surface area contributed by atoms with Crippen LogP contribution >= 0.6 is 0 Å². The molecule has 0 bridgehead atoms. The number of hydrogen-bond donors (Lipinski definition) is 1. The monoisotopic (exact) mass is 272 g/mol.